The first-order valence-electron chi connectivity index (χ1n) is 6.69. The van der Waals surface area contributed by atoms with Gasteiger partial charge in [-0.05, 0) is 31.4 Å². The molecule has 0 saturated heterocycles. The van der Waals surface area contributed by atoms with E-state index in [1.54, 1.807) is 7.11 Å². The molecule has 1 heterocycles. The molecule has 106 valence electrons. The Labute approximate surface area is 116 Å². The number of nitrogens with zero attached hydrogens (tertiary/aromatic N) is 2. The van der Waals surface area contributed by atoms with Gasteiger partial charge in [-0.3, -0.25) is 0 Å². The van der Waals surface area contributed by atoms with E-state index >= 15 is 0 Å². The predicted octanol–water partition coefficient (Wildman–Crippen LogP) is 2.07. The highest BCUT2D eigenvalue weighted by molar-refractivity contribution is 5.57. The second-order valence-corrected chi connectivity index (χ2v) is 4.90. The molecule has 3 rings (SSSR count). The minimum Gasteiger partial charge on any atom is -0.497 e. The number of aromatic nitrogens is 2. The summed E-state index contributed by atoms with van der Waals surface area (Å²) in [6.45, 7) is 0. The molecular formula is C14H17N3O3. The number of hydrogen-bond donors (Lipinski definition) is 2. The van der Waals surface area contributed by atoms with E-state index in [9.17, 15) is 5.11 Å². The number of hydrogen-bond acceptors (Lipinski definition) is 6. The van der Waals surface area contributed by atoms with Crippen molar-refractivity contribution in [2.75, 3.05) is 12.4 Å². The van der Waals surface area contributed by atoms with Crippen molar-refractivity contribution in [3.8, 4) is 17.1 Å². The number of nitrogens with one attached hydrogen (secondary N) is 1. The van der Waals surface area contributed by atoms with Crippen LogP contribution in [-0.2, 0) is 0 Å². The van der Waals surface area contributed by atoms with Crippen LogP contribution in [0.25, 0.3) is 11.4 Å². The summed E-state index contributed by atoms with van der Waals surface area (Å²) in [6, 6.07) is 7.80. The summed E-state index contributed by atoms with van der Waals surface area (Å²) >= 11 is 0. The van der Waals surface area contributed by atoms with Gasteiger partial charge < -0.3 is 19.7 Å². The van der Waals surface area contributed by atoms with Gasteiger partial charge in [-0.1, -0.05) is 17.3 Å². The maximum atomic E-state index is 9.77. The van der Waals surface area contributed by atoms with Crippen LogP contribution >= 0.6 is 0 Å². The zero-order chi connectivity index (χ0) is 13.9. The Morgan fingerprint density at radius 3 is 3.05 bits per heavy atom. The summed E-state index contributed by atoms with van der Waals surface area (Å²) < 4.78 is 10.3. The average molecular weight is 275 g/mol. The maximum Gasteiger partial charge on any atom is 0.322 e. The van der Waals surface area contributed by atoms with Gasteiger partial charge in [-0.25, -0.2) is 0 Å². The van der Waals surface area contributed by atoms with E-state index < -0.39 is 0 Å². The lowest BCUT2D eigenvalue weighted by molar-refractivity contribution is 0.170. The minimum absolute atomic E-state index is 0.00592. The van der Waals surface area contributed by atoms with Crippen molar-refractivity contribution in [3.05, 3.63) is 24.3 Å². The Bertz CT molecular complexity index is 585. The molecule has 2 atom stereocenters. The van der Waals surface area contributed by atoms with Crippen molar-refractivity contribution < 1.29 is 14.4 Å². The van der Waals surface area contributed by atoms with Crippen LogP contribution in [0.15, 0.2) is 28.8 Å². The van der Waals surface area contributed by atoms with E-state index in [1.165, 1.54) is 0 Å². The van der Waals surface area contributed by atoms with Crippen LogP contribution in [0.3, 0.4) is 0 Å². The van der Waals surface area contributed by atoms with E-state index in [1.807, 2.05) is 24.3 Å². The fraction of sp³-hybridized carbons (Fsp3) is 0.429. The second-order valence-electron chi connectivity index (χ2n) is 4.90. The van der Waals surface area contributed by atoms with Gasteiger partial charge in [-0.2, -0.15) is 4.98 Å². The quantitative estimate of drug-likeness (QED) is 0.889. The number of ether oxygens (including phenoxy) is 1. The number of benzene rings is 1. The molecule has 1 saturated carbocycles. The molecule has 0 radical (unpaired) electrons. The Morgan fingerprint density at radius 1 is 1.40 bits per heavy atom. The molecule has 0 aliphatic heterocycles. The van der Waals surface area contributed by atoms with Gasteiger partial charge in [0, 0.05) is 5.56 Å². The minimum atomic E-state index is -0.345. The molecule has 1 fully saturated rings. The zero-order valence-electron chi connectivity index (χ0n) is 11.2. The first-order valence-corrected chi connectivity index (χ1v) is 6.69. The number of aliphatic hydroxyl groups excluding tert-OH is 1. The van der Waals surface area contributed by atoms with Gasteiger partial charge in [0.25, 0.3) is 0 Å². The fourth-order valence-electron chi connectivity index (χ4n) is 2.43. The highest BCUT2D eigenvalue weighted by Gasteiger charge is 2.26. The number of rotatable bonds is 4. The normalized spacial score (nSPS) is 21.9. The molecule has 0 bridgehead atoms. The third-order valence-corrected chi connectivity index (χ3v) is 3.54. The molecule has 1 aromatic heterocycles. The number of methoxy groups -OCH3 is 1. The van der Waals surface area contributed by atoms with Crippen molar-refractivity contribution in [1.29, 1.82) is 0 Å². The third-order valence-electron chi connectivity index (χ3n) is 3.54. The summed E-state index contributed by atoms with van der Waals surface area (Å²) in [6.07, 6.45) is 2.39. The van der Waals surface area contributed by atoms with Crippen LogP contribution < -0.4 is 10.1 Å². The molecule has 1 aromatic carbocycles. The van der Waals surface area contributed by atoms with Gasteiger partial charge >= 0.3 is 6.01 Å². The molecule has 0 amide bonds. The topological polar surface area (TPSA) is 80.4 Å². The standard InChI is InChI=1S/C14H17N3O3/c1-19-10-5-2-4-9(8-10)13-16-14(20-17-13)15-11-6-3-7-12(11)18/h2,4-5,8,11-12,18H,3,6-7H2,1H3,(H,15,16,17)/t11-,12+/m0/s1. The second kappa shape index (κ2) is 5.50. The summed E-state index contributed by atoms with van der Waals surface area (Å²) in [5, 5.41) is 16.8. The Kier molecular flexibility index (Phi) is 3.56. The molecule has 0 spiro atoms. The van der Waals surface area contributed by atoms with E-state index in [0.29, 0.717) is 11.8 Å². The van der Waals surface area contributed by atoms with Gasteiger partial charge in [0.2, 0.25) is 5.82 Å². The molecule has 1 aliphatic rings. The monoisotopic (exact) mass is 275 g/mol. The van der Waals surface area contributed by atoms with Gasteiger partial charge in [-0.15, -0.1) is 0 Å². The first-order chi connectivity index (χ1) is 9.76. The highest BCUT2D eigenvalue weighted by Crippen LogP contribution is 2.25. The molecule has 6 nitrogen and oxygen atoms in total. The zero-order valence-corrected chi connectivity index (χ0v) is 11.2. The average Bonchev–Trinajstić information content (AvgIpc) is 3.10. The lowest BCUT2D eigenvalue weighted by Gasteiger charge is -2.13. The largest absolute Gasteiger partial charge is 0.497 e. The molecule has 20 heavy (non-hydrogen) atoms. The molecule has 1 aliphatic carbocycles. The smallest absolute Gasteiger partial charge is 0.322 e. The Balaban J connectivity index is 1.75. The van der Waals surface area contributed by atoms with Crippen LogP contribution in [-0.4, -0.2) is 34.5 Å². The van der Waals surface area contributed by atoms with Gasteiger partial charge in [0.15, 0.2) is 0 Å². The van der Waals surface area contributed by atoms with Gasteiger partial charge in [0.1, 0.15) is 5.75 Å². The number of anilines is 1. The van der Waals surface area contributed by atoms with E-state index in [4.69, 9.17) is 9.26 Å². The number of aliphatic hydroxyl groups is 1. The summed E-state index contributed by atoms with van der Waals surface area (Å²) in [4.78, 5) is 4.30. The Morgan fingerprint density at radius 2 is 2.30 bits per heavy atom. The van der Waals surface area contributed by atoms with Crippen molar-refractivity contribution >= 4 is 6.01 Å². The lowest BCUT2D eigenvalue weighted by atomic mass is 10.2. The van der Waals surface area contributed by atoms with Crippen molar-refractivity contribution in [3.63, 3.8) is 0 Å². The maximum absolute atomic E-state index is 9.77. The molecule has 0 unspecified atom stereocenters. The molecule has 6 heteroatoms. The highest BCUT2D eigenvalue weighted by atomic mass is 16.5. The SMILES string of the molecule is COc1cccc(-c2noc(N[C@H]3CCC[C@H]3O)n2)c1. The fourth-order valence-corrected chi connectivity index (χ4v) is 2.43. The third kappa shape index (κ3) is 2.60. The summed E-state index contributed by atoms with van der Waals surface area (Å²) in [5.41, 5.74) is 0.827. The van der Waals surface area contributed by atoms with Crippen LogP contribution in [0.2, 0.25) is 0 Å². The summed E-state index contributed by atoms with van der Waals surface area (Å²) in [5.74, 6) is 1.24. The van der Waals surface area contributed by atoms with E-state index in [2.05, 4.69) is 15.5 Å². The van der Waals surface area contributed by atoms with E-state index in [-0.39, 0.29) is 12.1 Å². The first kappa shape index (κ1) is 12.9. The van der Waals surface area contributed by atoms with Crippen LogP contribution in [0, 0.1) is 0 Å². The lowest BCUT2D eigenvalue weighted by Crippen LogP contribution is -2.27. The van der Waals surface area contributed by atoms with E-state index in [0.717, 1.165) is 30.6 Å². The van der Waals surface area contributed by atoms with Crippen LogP contribution in [0.4, 0.5) is 6.01 Å². The molecular weight excluding hydrogens is 258 g/mol. The van der Waals surface area contributed by atoms with Crippen molar-refractivity contribution in [2.24, 2.45) is 0 Å². The van der Waals surface area contributed by atoms with Crippen molar-refractivity contribution in [1.82, 2.24) is 10.1 Å². The van der Waals surface area contributed by atoms with Gasteiger partial charge in [0.05, 0.1) is 19.3 Å². The van der Waals surface area contributed by atoms with Crippen LogP contribution in [0.1, 0.15) is 19.3 Å². The molecule has 2 N–H and O–H groups in total. The van der Waals surface area contributed by atoms with Crippen molar-refractivity contribution in [2.45, 2.75) is 31.4 Å². The van der Waals surface area contributed by atoms with Crippen LogP contribution in [0.5, 0.6) is 5.75 Å². The predicted molar refractivity (Wildman–Crippen MR) is 73.6 cm³/mol. The summed E-state index contributed by atoms with van der Waals surface area (Å²) in [7, 11) is 1.61. The Hall–Kier alpha value is -2.08. The molecule has 2 aromatic rings.